The topological polar surface area (TPSA) is 65.8 Å². The third-order valence-corrected chi connectivity index (χ3v) is 6.10. The van der Waals surface area contributed by atoms with E-state index in [4.69, 9.17) is 11.6 Å². The van der Waals surface area contributed by atoms with Crippen molar-refractivity contribution in [2.75, 3.05) is 5.32 Å². The summed E-state index contributed by atoms with van der Waals surface area (Å²) in [6.07, 6.45) is -2.00. The van der Waals surface area contributed by atoms with E-state index in [-0.39, 0.29) is 10.7 Å². The molecule has 1 unspecified atom stereocenters. The maximum Gasteiger partial charge on any atom is 0.418 e. The van der Waals surface area contributed by atoms with E-state index < -0.39 is 22.9 Å². The van der Waals surface area contributed by atoms with E-state index in [9.17, 15) is 23.2 Å². The smallest absolute Gasteiger partial charge is 0.325 e. The fraction of sp³-hybridized carbons (Fsp3) is 0.350. The Labute approximate surface area is 175 Å². The standard InChI is InChI=1S/C20H17ClF3N3OS/c1-10-13-4-3-5-16(13)27-19(14(10)9-25)29-11(2)18(28)26-17-7-6-12(21)8-15(17)20(22,23)24/h6-8,11H,3-5H2,1-2H3,(H,26,28). The zero-order chi connectivity index (χ0) is 21.3. The van der Waals surface area contributed by atoms with Crippen LogP contribution in [0.1, 0.15) is 41.3 Å². The summed E-state index contributed by atoms with van der Waals surface area (Å²) in [6.45, 7) is 3.43. The van der Waals surface area contributed by atoms with Crippen LogP contribution in [0.3, 0.4) is 0 Å². The number of pyridine rings is 1. The van der Waals surface area contributed by atoms with Gasteiger partial charge in [-0.1, -0.05) is 23.4 Å². The van der Waals surface area contributed by atoms with Crippen LogP contribution in [0.25, 0.3) is 0 Å². The number of benzene rings is 1. The number of nitrogens with zero attached hydrogens (tertiary/aromatic N) is 2. The van der Waals surface area contributed by atoms with Crippen LogP contribution in [-0.4, -0.2) is 16.1 Å². The van der Waals surface area contributed by atoms with Crippen molar-refractivity contribution < 1.29 is 18.0 Å². The lowest BCUT2D eigenvalue weighted by Gasteiger charge is -2.17. The fourth-order valence-corrected chi connectivity index (χ4v) is 4.43. The zero-order valence-corrected chi connectivity index (χ0v) is 17.2. The van der Waals surface area contributed by atoms with Gasteiger partial charge in [0.15, 0.2) is 0 Å². The van der Waals surface area contributed by atoms with Crippen LogP contribution in [-0.2, 0) is 23.8 Å². The lowest BCUT2D eigenvalue weighted by molar-refractivity contribution is -0.137. The molecule has 9 heteroatoms. The van der Waals surface area contributed by atoms with Gasteiger partial charge >= 0.3 is 6.18 Å². The molecule has 0 bridgehead atoms. The average Bonchev–Trinajstić information content (AvgIpc) is 3.11. The lowest BCUT2D eigenvalue weighted by Crippen LogP contribution is -2.24. The minimum atomic E-state index is -4.66. The van der Waals surface area contributed by atoms with Gasteiger partial charge in [-0.2, -0.15) is 18.4 Å². The Balaban J connectivity index is 1.83. The molecular weight excluding hydrogens is 423 g/mol. The number of nitrogens with one attached hydrogen (secondary N) is 1. The maximum absolute atomic E-state index is 13.2. The van der Waals surface area contributed by atoms with E-state index in [0.717, 1.165) is 60.0 Å². The molecule has 0 saturated carbocycles. The highest BCUT2D eigenvalue weighted by atomic mass is 35.5. The van der Waals surface area contributed by atoms with Gasteiger partial charge in [-0.05, 0) is 62.4 Å². The van der Waals surface area contributed by atoms with Gasteiger partial charge in [-0.15, -0.1) is 0 Å². The highest BCUT2D eigenvalue weighted by molar-refractivity contribution is 8.00. The van der Waals surface area contributed by atoms with Crippen molar-refractivity contribution in [3.05, 3.63) is 51.2 Å². The minimum Gasteiger partial charge on any atom is -0.325 e. The number of amides is 1. The molecule has 0 fully saturated rings. The first-order chi connectivity index (χ1) is 13.6. The molecule has 1 aromatic carbocycles. The Bertz CT molecular complexity index is 1020. The Morgan fingerprint density at radius 1 is 1.38 bits per heavy atom. The number of halogens is 4. The molecule has 2 aromatic rings. The number of aromatic nitrogens is 1. The molecule has 1 amide bonds. The molecule has 0 saturated heterocycles. The number of hydrogen-bond acceptors (Lipinski definition) is 4. The highest BCUT2D eigenvalue weighted by Crippen LogP contribution is 2.37. The van der Waals surface area contributed by atoms with Crippen molar-refractivity contribution in [1.29, 1.82) is 5.26 Å². The van der Waals surface area contributed by atoms with Gasteiger partial charge in [0.05, 0.1) is 22.1 Å². The monoisotopic (exact) mass is 439 g/mol. The molecule has 1 aliphatic rings. The molecule has 152 valence electrons. The normalized spacial score (nSPS) is 14.2. The molecule has 0 aliphatic heterocycles. The van der Waals surface area contributed by atoms with Gasteiger partial charge in [0.2, 0.25) is 5.91 Å². The first-order valence-corrected chi connectivity index (χ1v) is 10.1. The van der Waals surface area contributed by atoms with Crippen LogP contribution >= 0.6 is 23.4 Å². The maximum atomic E-state index is 13.2. The number of carbonyl (C=O) groups is 1. The summed E-state index contributed by atoms with van der Waals surface area (Å²) in [5, 5.41) is 11.4. The first kappa shape index (κ1) is 21.5. The third kappa shape index (κ3) is 4.51. The molecule has 1 atom stereocenters. The number of alkyl halides is 3. The molecule has 0 radical (unpaired) electrons. The van der Waals surface area contributed by atoms with E-state index in [0.29, 0.717) is 10.6 Å². The Morgan fingerprint density at radius 2 is 2.10 bits per heavy atom. The third-order valence-electron chi connectivity index (χ3n) is 4.78. The van der Waals surface area contributed by atoms with Gasteiger partial charge in [0, 0.05) is 10.7 Å². The second-order valence-electron chi connectivity index (χ2n) is 6.74. The molecule has 1 heterocycles. The fourth-order valence-electron chi connectivity index (χ4n) is 3.28. The molecule has 0 spiro atoms. The van der Waals surface area contributed by atoms with Crippen LogP contribution in [0.4, 0.5) is 18.9 Å². The molecule has 1 N–H and O–H groups in total. The van der Waals surface area contributed by atoms with Crippen molar-refractivity contribution in [3.8, 4) is 6.07 Å². The predicted molar refractivity (Wildman–Crippen MR) is 106 cm³/mol. The van der Waals surface area contributed by atoms with E-state index in [2.05, 4.69) is 16.4 Å². The number of anilines is 1. The Morgan fingerprint density at radius 3 is 2.76 bits per heavy atom. The number of carbonyl (C=O) groups excluding carboxylic acids is 1. The number of thioether (sulfide) groups is 1. The van der Waals surface area contributed by atoms with E-state index >= 15 is 0 Å². The van der Waals surface area contributed by atoms with E-state index in [1.54, 1.807) is 6.92 Å². The second-order valence-corrected chi connectivity index (χ2v) is 8.51. The summed E-state index contributed by atoms with van der Waals surface area (Å²) >= 11 is 6.73. The summed E-state index contributed by atoms with van der Waals surface area (Å²) < 4.78 is 39.7. The largest absolute Gasteiger partial charge is 0.418 e. The van der Waals surface area contributed by atoms with Crippen molar-refractivity contribution in [1.82, 2.24) is 4.98 Å². The van der Waals surface area contributed by atoms with Crippen molar-refractivity contribution in [2.24, 2.45) is 0 Å². The van der Waals surface area contributed by atoms with Crippen LogP contribution in [0.15, 0.2) is 23.2 Å². The van der Waals surface area contributed by atoms with Gasteiger partial charge in [-0.25, -0.2) is 4.98 Å². The quantitative estimate of drug-likeness (QED) is 0.635. The van der Waals surface area contributed by atoms with Gasteiger partial charge < -0.3 is 5.32 Å². The lowest BCUT2D eigenvalue weighted by atomic mass is 10.0. The number of aryl methyl sites for hydroxylation is 1. The molecule has 1 aliphatic carbocycles. The van der Waals surface area contributed by atoms with Crippen molar-refractivity contribution >= 4 is 35.0 Å². The number of rotatable bonds is 4. The number of fused-ring (bicyclic) bond motifs is 1. The van der Waals surface area contributed by atoms with Crippen LogP contribution in [0, 0.1) is 18.3 Å². The van der Waals surface area contributed by atoms with Crippen molar-refractivity contribution in [2.45, 2.75) is 49.6 Å². The highest BCUT2D eigenvalue weighted by Gasteiger charge is 2.34. The Kier molecular flexibility index (Phi) is 6.11. The van der Waals surface area contributed by atoms with E-state index in [1.165, 1.54) is 6.07 Å². The minimum absolute atomic E-state index is 0.0748. The number of nitriles is 1. The van der Waals surface area contributed by atoms with Gasteiger partial charge in [-0.3, -0.25) is 4.79 Å². The Hall–Kier alpha value is -2.24. The summed E-state index contributed by atoms with van der Waals surface area (Å²) in [4.78, 5) is 17.1. The van der Waals surface area contributed by atoms with Gasteiger partial charge in [0.1, 0.15) is 11.1 Å². The van der Waals surface area contributed by atoms with Crippen LogP contribution < -0.4 is 5.32 Å². The summed E-state index contributed by atoms with van der Waals surface area (Å²) in [7, 11) is 0. The zero-order valence-electron chi connectivity index (χ0n) is 15.7. The summed E-state index contributed by atoms with van der Waals surface area (Å²) in [5.41, 5.74) is 1.91. The molecule has 1 aromatic heterocycles. The van der Waals surface area contributed by atoms with Crippen LogP contribution in [0.2, 0.25) is 5.02 Å². The molecule has 29 heavy (non-hydrogen) atoms. The molecule has 3 rings (SSSR count). The summed E-state index contributed by atoms with van der Waals surface area (Å²) in [6, 6.07) is 5.32. The molecule has 4 nitrogen and oxygen atoms in total. The second kappa shape index (κ2) is 8.25. The first-order valence-electron chi connectivity index (χ1n) is 8.88. The summed E-state index contributed by atoms with van der Waals surface area (Å²) in [5.74, 6) is -0.619. The molecular formula is C20H17ClF3N3OS. The van der Waals surface area contributed by atoms with Crippen LogP contribution in [0.5, 0.6) is 0 Å². The van der Waals surface area contributed by atoms with Crippen molar-refractivity contribution in [3.63, 3.8) is 0 Å². The predicted octanol–water partition coefficient (Wildman–Crippen LogP) is 5.54. The van der Waals surface area contributed by atoms with E-state index in [1.807, 2.05) is 6.92 Å². The number of hydrogen-bond donors (Lipinski definition) is 1. The SMILES string of the molecule is Cc1c(C#N)c(SC(C)C(=O)Nc2ccc(Cl)cc2C(F)(F)F)nc2c1CCC2. The average molecular weight is 440 g/mol. The van der Waals surface area contributed by atoms with Gasteiger partial charge in [0.25, 0.3) is 0 Å².